The van der Waals surface area contributed by atoms with Crippen molar-refractivity contribution in [1.29, 1.82) is 0 Å². The van der Waals surface area contributed by atoms with E-state index in [9.17, 15) is 19.2 Å². The van der Waals surface area contributed by atoms with Crippen molar-refractivity contribution in [2.24, 2.45) is 17.8 Å². The number of methoxy groups -OCH3 is 1. The number of esters is 1. The van der Waals surface area contributed by atoms with Gasteiger partial charge in [0.15, 0.2) is 5.12 Å². The number of H-pyrrole nitrogens is 1. The van der Waals surface area contributed by atoms with Crippen LogP contribution in [0.15, 0.2) is 48.5 Å². The number of carbonyl (C=O) groups excluding carboxylic acids is 4. The molecule has 2 atom stereocenters. The Labute approximate surface area is 270 Å². The zero-order valence-electron chi connectivity index (χ0n) is 27.0. The number of rotatable bonds is 18. The highest BCUT2D eigenvalue weighted by Gasteiger charge is 2.32. The summed E-state index contributed by atoms with van der Waals surface area (Å²) in [7, 11) is 1.29. The minimum atomic E-state index is -0.843. The quantitative estimate of drug-likeness (QED) is 0.129. The number of unbranched alkanes of at least 4 members (excludes halogenated alkanes) is 2. The number of amides is 1. The average Bonchev–Trinajstić information content (AvgIpc) is 3.57. The molecule has 0 radical (unpaired) electrons. The van der Waals surface area contributed by atoms with E-state index >= 15 is 0 Å². The van der Waals surface area contributed by atoms with Crippen molar-refractivity contribution in [3.05, 3.63) is 54.1 Å². The van der Waals surface area contributed by atoms with Crippen LogP contribution in [0, 0.1) is 17.8 Å². The van der Waals surface area contributed by atoms with E-state index in [0.29, 0.717) is 31.1 Å². The molecule has 242 valence electrons. The molecule has 0 bridgehead atoms. The highest BCUT2D eigenvalue weighted by molar-refractivity contribution is 8.13. The molecule has 0 spiro atoms. The van der Waals surface area contributed by atoms with Crippen LogP contribution >= 0.6 is 11.8 Å². The van der Waals surface area contributed by atoms with E-state index in [1.807, 2.05) is 62.4 Å². The second-order valence-electron chi connectivity index (χ2n) is 11.7. The minimum Gasteiger partial charge on any atom is -0.469 e. The summed E-state index contributed by atoms with van der Waals surface area (Å²) in [5.41, 5.74) is 3.70. The molecule has 0 fully saturated rings. The number of Topliss-reactive ketones (excluding diaryl/α,β-unsaturated/α-hetero) is 1. The number of ketones is 1. The molecule has 3 aromatic rings. The molecule has 2 aromatic carbocycles. The Morgan fingerprint density at radius 1 is 0.956 bits per heavy atom. The largest absolute Gasteiger partial charge is 0.469 e. The molecule has 1 heterocycles. The molecule has 0 saturated heterocycles. The van der Waals surface area contributed by atoms with Crippen molar-refractivity contribution in [3.8, 4) is 22.5 Å². The third-order valence-electron chi connectivity index (χ3n) is 7.63. The number of ether oxygens (including phenoxy) is 1. The molecule has 0 aliphatic rings. The molecule has 1 aromatic heterocycles. The van der Waals surface area contributed by atoms with E-state index in [-0.39, 0.29) is 41.5 Å². The van der Waals surface area contributed by atoms with Gasteiger partial charge in [-0.05, 0) is 40.7 Å². The van der Waals surface area contributed by atoms with Crippen molar-refractivity contribution >= 4 is 34.5 Å². The summed E-state index contributed by atoms with van der Waals surface area (Å²) >= 11 is 1.13. The van der Waals surface area contributed by atoms with Crippen LogP contribution in [-0.2, 0) is 30.5 Å². The number of nitrogens with zero attached hydrogens (tertiary/aromatic N) is 4. The molecule has 0 saturated carbocycles. The fraction of sp³-hybridized carbons (Fsp3) is 0.500. The standard InChI is InChI=1S/C34H45N5O5S/c1-6-7-10-17-39(21-25-13-15-26(16-14-25)29-11-8-9-12-30(29)33-35-37-38-36-33)34(43)27(20-32(42)44-5)19-31(41)28(18-23(2)3)22-45-24(4)40/h8-9,11-16,23,27-28H,6-7,10,17-22H2,1-5H3,(H,35,36,37,38)/t27-,28?/m1/s1. The Balaban J connectivity index is 1.84. The van der Waals surface area contributed by atoms with Crippen LogP contribution in [0.2, 0.25) is 0 Å². The highest BCUT2D eigenvalue weighted by atomic mass is 32.2. The van der Waals surface area contributed by atoms with Gasteiger partial charge in [-0.3, -0.25) is 19.2 Å². The second kappa shape index (κ2) is 18.2. The normalized spacial score (nSPS) is 12.5. The van der Waals surface area contributed by atoms with Crippen molar-refractivity contribution in [3.63, 3.8) is 0 Å². The number of tetrazole rings is 1. The fourth-order valence-corrected chi connectivity index (χ4v) is 6.07. The number of nitrogens with one attached hydrogen (secondary N) is 1. The zero-order valence-corrected chi connectivity index (χ0v) is 27.8. The summed E-state index contributed by atoms with van der Waals surface area (Å²) in [5, 5.41) is 14.4. The van der Waals surface area contributed by atoms with Crippen molar-refractivity contribution in [1.82, 2.24) is 25.5 Å². The van der Waals surface area contributed by atoms with E-state index in [4.69, 9.17) is 4.74 Å². The third kappa shape index (κ3) is 11.2. The smallest absolute Gasteiger partial charge is 0.306 e. The first-order chi connectivity index (χ1) is 21.6. The monoisotopic (exact) mass is 635 g/mol. The maximum atomic E-state index is 14.1. The first-order valence-corrected chi connectivity index (χ1v) is 16.5. The van der Waals surface area contributed by atoms with Crippen molar-refractivity contribution in [2.45, 2.75) is 72.8 Å². The lowest BCUT2D eigenvalue weighted by Crippen LogP contribution is -2.39. The summed E-state index contributed by atoms with van der Waals surface area (Å²) in [6.45, 7) is 8.50. The summed E-state index contributed by atoms with van der Waals surface area (Å²) < 4.78 is 4.92. The molecule has 1 amide bonds. The highest BCUT2D eigenvalue weighted by Crippen LogP contribution is 2.30. The van der Waals surface area contributed by atoms with Gasteiger partial charge >= 0.3 is 5.97 Å². The number of thioether (sulfide) groups is 1. The molecule has 3 rings (SSSR count). The van der Waals surface area contributed by atoms with Gasteiger partial charge < -0.3 is 9.64 Å². The Morgan fingerprint density at radius 2 is 1.67 bits per heavy atom. The summed E-state index contributed by atoms with van der Waals surface area (Å²) in [5.74, 6) is -0.964. The topological polar surface area (TPSA) is 135 Å². The van der Waals surface area contributed by atoms with Gasteiger partial charge in [0.2, 0.25) is 11.7 Å². The third-order valence-corrected chi connectivity index (χ3v) is 8.61. The van der Waals surface area contributed by atoms with E-state index < -0.39 is 11.9 Å². The van der Waals surface area contributed by atoms with Crippen LogP contribution in [0.25, 0.3) is 22.5 Å². The number of carbonyl (C=O) groups is 4. The number of aromatic amines is 1. The average molecular weight is 636 g/mol. The van der Waals surface area contributed by atoms with Crippen LogP contribution in [0.1, 0.15) is 71.8 Å². The summed E-state index contributed by atoms with van der Waals surface area (Å²) in [4.78, 5) is 53.5. The SMILES string of the molecule is CCCCCN(Cc1ccc(-c2ccccc2-c2nn[nH]n2)cc1)C(=O)[C@@H](CC(=O)OC)CC(=O)C(CSC(C)=O)CC(C)C. The Hall–Kier alpha value is -3.86. The van der Waals surface area contributed by atoms with Crippen LogP contribution < -0.4 is 0 Å². The minimum absolute atomic E-state index is 0.0508. The van der Waals surface area contributed by atoms with E-state index in [1.54, 1.807) is 4.90 Å². The molecule has 0 aliphatic carbocycles. The number of hydrogen-bond donors (Lipinski definition) is 1. The lowest BCUT2D eigenvalue weighted by Gasteiger charge is -2.28. The molecule has 45 heavy (non-hydrogen) atoms. The molecule has 11 heteroatoms. The van der Waals surface area contributed by atoms with Gasteiger partial charge in [0.25, 0.3) is 0 Å². The van der Waals surface area contributed by atoms with E-state index in [1.165, 1.54) is 14.0 Å². The maximum absolute atomic E-state index is 14.1. The van der Waals surface area contributed by atoms with Crippen LogP contribution in [0.5, 0.6) is 0 Å². The van der Waals surface area contributed by atoms with Gasteiger partial charge in [-0.1, -0.05) is 93.9 Å². The number of aromatic nitrogens is 4. The van der Waals surface area contributed by atoms with Gasteiger partial charge in [-0.2, -0.15) is 5.21 Å². The van der Waals surface area contributed by atoms with Crippen LogP contribution in [-0.4, -0.2) is 67.7 Å². The Bertz CT molecular complexity index is 1390. The van der Waals surface area contributed by atoms with Crippen LogP contribution in [0.4, 0.5) is 0 Å². The maximum Gasteiger partial charge on any atom is 0.306 e. The number of benzene rings is 2. The molecular formula is C34H45N5O5S. The van der Waals surface area contributed by atoms with Gasteiger partial charge in [0.05, 0.1) is 19.4 Å². The number of hydrogen-bond acceptors (Lipinski definition) is 9. The van der Waals surface area contributed by atoms with Crippen LogP contribution in [0.3, 0.4) is 0 Å². The predicted octanol–water partition coefficient (Wildman–Crippen LogP) is 6.13. The summed E-state index contributed by atoms with van der Waals surface area (Å²) in [6, 6.07) is 15.8. The fourth-order valence-electron chi connectivity index (χ4n) is 5.31. The molecular weight excluding hydrogens is 590 g/mol. The molecule has 1 N–H and O–H groups in total. The van der Waals surface area contributed by atoms with E-state index in [2.05, 4.69) is 27.5 Å². The van der Waals surface area contributed by atoms with E-state index in [0.717, 1.165) is 53.3 Å². The summed E-state index contributed by atoms with van der Waals surface area (Å²) in [6.07, 6.45) is 3.12. The molecule has 10 nitrogen and oxygen atoms in total. The lowest BCUT2D eigenvalue weighted by atomic mass is 9.87. The Morgan fingerprint density at radius 3 is 2.27 bits per heavy atom. The first-order valence-electron chi connectivity index (χ1n) is 15.6. The Kier molecular flexibility index (Phi) is 14.4. The molecule has 1 unspecified atom stereocenters. The van der Waals surface area contributed by atoms with Gasteiger partial charge in [-0.15, -0.1) is 10.2 Å². The van der Waals surface area contributed by atoms with Gasteiger partial charge in [0.1, 0.15) is 5.78 Å². The van der Waals surface area contributed by atoms with Crippen molar-refractivity contribution in [2.75, 3.05) is 19.4 Å². The van der Waals surface area contributed by atoms with Gasteiger partial charge in [0, 0.05) is 43.7 Å². The first kappa shape index (κ1) is 35.6. The second-order valence-corrected chi connectivity index (χ2v) is 12.9. The zero-order chi connectivity index (χ0) is 32.8. The predicted molar refractivity (Wildman–Crippen MR) is 176 cm³/mol. The van der Waals surface area contributed by atoms with Crippen molar-refractivity contribution < 1.29 is 23.9 Å². The van der Waals surface area contributed by atoms with Gasteiger partial charge in [-0.25, -0.2) is 0 Å². The lowest BCUT2D eigenvalue weighted by molar-refractivity contribution is -0.148. The molecule has 0 aliphatic heterocycles.